The van der Waals surface area contributed by atoms with Gasteiger partial charge in [0.1, 0.15) is 0 Å². The fourth-order valence-corrected chi connectivity index (χ4v) is 5.37. The van der Waals surface area contributed by atoms with Crippen LogP contribution in [0, 0.1) is 6.92 Å². The number of hydrogen-bond donors (Lipinski definition) is 0. The monoisotopic (exact) mass is 475 g/mol. The predicted octanol–water partition coefficient (Wildman–Crippen LogP) is 9.93. The Labute approximate surface area is 209 Å². The molecule has 5 aromatic rings. The Morgan fingerprint density at radius 1 is 0.471 bits per heavy atom. The normalized spacial score (nSPS) is 11.4. The van der Waals surface area contributed by atoms with E-state index in [2.05, 4.69) is 145 Å². The molecule has 0 atom stereocenters. The van der Waals surface area contributed by atoms with Crippen molar-refractivity contribution >= 4 is 64.0 Å². The lowest BCUT2D eigenvalue weighted by Crippen LogP contribution is -2.09. The van der Waals surface area contributed by atoms with E-state index in [1.54, 1.807) is 11.3 Å². The maximum atomic E-state index is 2.28. The maximum Gasteiger partial charge on any atom is 0.0462 e. The first kappa shape index (κ1) is 22.1. The van der Waals surface area contributed by atoms with Crippen LogP contribution in [0.15, 0.2) is 109 Å². The second kappa shape index (κ2) is 10.5. The van der Waals surface area contributed by atoms with Gasteiger partial charge in [-0.25, -0.2) is 0 Å². The first-order chi connectivity index (χ1) is 16.7. The van der Waals surface area contributed by atoms with Crippen molar-refractivity contribution in [3.05, 3.63) is 134 Å². The summed E-state index contributed by atoms with van der Waals surface area (Å²) in [6.45, 7) is 2.14. The Morgan fingerprint density at radius 3 is 1.47 bits per heavy atom. The SMILES string of the molecule is Cc1ccc(C=Cc2ccc(C=Cc3ccc(N(c4ccccc4)c4ccccc4)cc3)s2)s1. The fourth-order valence-electron chi connectivity index (χ4n) is 3.77. The van der Waals surface area contributed by atoms with Crippen LogP contribution >= 0.6 is 22.7 Å². The van der Waals surface area contributed by atoms with Gasteiger partial charge in [-0.2, -0.15) is 0 Å². The van der Waals surface area contributed by atoms with Crippen LogP contribution in [0.4, 0.5) is 17.1 Å². The molecule has 0 bridgehead atoms. The molecule has 0 saturated carbocycles. The van der Waals surface area contributed by atoms with E-state index in [0.717, 1.165) is 17.1 Å². The molecule has 2 aromatic heterocycles. The van der Waals surface area contributed by atoms with Crippen molar-refractivity contribution in [1.82, 2.24) is 0 Å². The van der Waals surface area contributed by atoms with Gasteiger partial charge in [-0.3, -0.25) is 0 Å². The third kappa shape index (κ3) is 5.45. The minimum absolute atomic E-state index is 1.14. The molecule has 0 aliphatic rings. The Hall–Kier alpha value is -3.66. The number of hydrogen-bond acceptors (Lipinski definition) is 3. The highest BCUT2D eigenvalue weighted by Gasteiger charge is 2.11. The Balaban J connectivity index is 1.32. The van der Waals surface area contributed by atoms with Crippen LogP contribution in [0.5, 0.6) is 0 Å². The van der Waals surface area contributed by atoms with Crippen LogP contribution < -0.4 is 4.90 Å². The number of rotatable bonds is 7. The van der Waals surface area contributed by atoms with Crippen molar-refractivity contribution in [2.75, 3.05) is 4.90 Å². The molecule has 0 spiro atoms. The van der Waals surface area contributed by atoms with E-state index in [9.17, 15) is 0 Å². The molecular weight excluding hydrogens is 450 g/mol. The standard InChI is InChI=1S/C31H25NS2/c1-24-12-18-29(33-24)20-21-31-23-22-30(34-31)19-15-25-13-16-28(17-14-25)32(26-8-4-2-5-9-26)27-10-6-3-7-11-27/h2-23H,1H3. The zero-order chi connectivity index (χ0) is 23.2. The largest absolute Gasteiger partial charge is 0.311 e. The van der Waals surface area contributed by atoms with E-state index < -0.39 is 0 Å². The number of para-hydroxylation sites is 2. The van der Waals surface area contributed by atoms with Gasteiger partial charge in [-0.05, 0) is 91.4 Å². The summed E-state index contributed by atoms with van der Waals surface area (Å²) in [5.74, 6) is 0. The Morgan fingerprint density at radius 2 is 0.941 bits per heavy atom. The zero-order valence-electron chi connectivity index (χ0n) is 19.0. The molecule has 166 valence electrons. The van der Waals surface area contributed by atoms with Gasteiger partial charge in [0.05, 0.1) is 0 Å². The number of thiophene rings is 2. The minimum Gasteiger partial charge on any atom is -0.311 e. The Kier molecular flexibility index (Phi) is 6.85. The molecule has 0 aliphatic carbocycles. The topological polar surface area (TPSA) is 3.24 Å². The molecule has 1 nitrogen and oxygen atoms in total. The molecule has 34 heavy (non-hydrogen) atoms. The first-order valence-corrected chi connectivity index (χ1v) is 12.9. The van der Waals surface area contributed by atoms with Crippen molar-refractivity contribution in [3.8, 4) is 0 Å². The van der Waals surface area contributed by atoms with Crippen molar-refractivity contribution in [1.29, 1.82) is 0 Å². The highest BCUT2D eigenvalue weighted by Crippen LogP contribution is 2.34. The lowest BCUT2D eigenvalue weighted by atomic mass is 10.1. The van der Waals surface area contributed by atoms with Gasteiger partial charge >= 0.3 is 0 Å². The van der Waals surface area contributed by atoms with E-state index in [0.29, 0.717) is 0 Å². The summed E-state index contributed by atoms with van der Waals surface area (Å²) in [6.07, 6.45) is 8.77. The van der Waals surface area contributed by atoms with E-state index in [1.165, 1.54) is 25.1 Å². The number of benzene rings is 3. The molecule has 5 rings (SSSR count). The summed E-state index contributed by atoms with van der Waals surface area (Å²) in [5.41, 5.74) is 4.62. The third-order valence-electron chi connectivity index (χ3n) is 5.44. The van der Waals surface area contributed by atoms with Crippen molar-refractivity contribution in [2.45, 2.75) is 6.92 Å². The molecule has 0 aliphatic heterocycles. The second-order valence-electron chi connectivity index (χ2n) is 7.95. The molecular formula is C31H25NS2. The number of nitrogens with zero attached hydrogens (tertiary/aromatic N) is 1. The fraction of sp³-hybridized carbons (Fsp3) is 0.0323. The van der Waals surface area contributed by atoms with Gasteiger partial charge in [0.25, 0.3) is 0 Å². The lowest BCUT2D eigenvalue weighted by Gasteiger charge is -2.25. The summed E-state index contributed by atoms with van der Waals surface area (Å²) in [5, 5.41) is 0. The lowest BCUT2D eigenvalue weighted by molar-refractivity contribution is 1.28. The summed E-state index contributed by atoms with van der Waals surface area (Å²) >= 11 is 3.63. The summed E-state index contributed by atoms with van der Waals surface area (Å²) < 4.78 is 0. The van der Waals surface area contributed by atoms with Crippen molar-refractivity contribution in [3.63, 3.8) is 0 Å². The van der Waals surface area contributed by atoms with Crippen LogP contribution in [0.3, 0.4) is 0 Å². The highest BCUT2D eigenvalue weighted by atomic mass is 32.1. The van der Waals surface area contributed by atoms with Crippen LogP contribution in [0.25, 0.3) is 24.3 Å². The van der Waals surface area contributed by atoms with Crippen LogP contribution in [0.1, 0.15) is 25.1 Å². The Bertz CT molecular complexity index is 1350. The maximum absolute atomic E-state index is 2.28. The van der Waals surface area contributed by atoms with Crippen molar-refractivity contribution < 1.29 is 0 Å². The van der Waals surface area contributed by atoms with Gasteiger partial charge in [-0.15, -0.1) is 22.7 Å². The van der Waals surface area contributed by atoms with E-state index in [1.807, 2.05) is 11.3 Å². The molecule has 0 saturated heterocycles. The molecule has 0 N–H and O–H groups in total. The summed E-state index contributed by atoms with van der Waals surface area (Å²) in [7, 11) is 0. The van der Waals surface area contributed by atoms with Crippen LogP contribution in [-0.4, -0.2) is 0 Å². The first-order valence-electron chi connectivity index (χ1n) is 11.3. The summed E-state index contributed by atoms with van der Waals surface area (Å²) in [6, 6.07) is 38.4. The smallest absolute Gasteiger partial charge is 0.0462 e. The molecule has 0 unspecified atom stereocenters. The van der Waals surface area contributed by atoms with Gasteiger partial charge in [0.15, 0.2) is 0 Å². The number of aryl methyl sites for hydroxylation is 1. The second-order valence-corrected chi connectivity index (χ2v) is 10.4. The highest BCUT2D eigenvalue weighted by molar-refractivity contribution is 7.14. The van der Waals surface area contributed by atoms with E-state index >= 15 is 0 Å². The molecule has 2 heterocycles. The average molecular weight is 476 g/mol. The molecule has 0 radical (unpaired) electrons. The van der Waals surface area contributed by atoms with E-state index in [-0.39, 0.29) is 0 Å². The molecule has 0 fully saturated rings. The van der Waals surface area contributed by atoms with Gasteiger partial charge in [-0.1, -0.05) is 54.6 Å². The van der Waals surface area contributed by atoms with Crippen molar-refractivity contribution in [2.24, 2.45) is 0 Å². The zero-order valence-corrected chi connectivity index (χ0v) is 20.6. The quantitative estimate of drug-likeness (QED) is 0.226. The minimum atomic E-state index is 1.14. The van der Waals surface area contributed by atoms with Gasteiger partial charge < -0.3 is 4.90 Å². The van der Waals surface area contributed by atoms with Crippen LogP contribution in [0.2, 0.25) is 0 Å². The third-order valence-corrected chi connectivity index (χ3v) is 7.42. The molecule has 3 aromatic carbocycles. The van der Waals surface area contributed by atoms with Crippen LogP contribution in [-0.2, 0) is 0 Å². The molecule has 0 amide bonds. The summed E-state index contributed by atoms with van der Waals surface area (Å²) in [4.78, 5) is 7.43. The predicted molar refractivity (Wildman–Crippen MR) is 152 cm³/mol. The molecule has 3 heteroatoms. The average Bonchev–Trinajstić information content (AvgIpc) is 3.52. The van der Waals surface area contributed by atoms with Gasteiger partial charge in [0.2, 0.25) is 0 Å². The number of anilines is 3. The van der Waals surface area contributed by atoms with E-state index in [4.69, 9.17) is 0 Å². The van der Waals surface area contributed by atoms with Gasteiger partial charge in [0, 0.05) is 36.6 Å².